The summed E-state index contributed by atoms with van der Waals surface area (Å²) in [5, 5.41) is 10.6. The third kappa shape index (κ3) is 4.28. The molecule has 1 saturated heterocycles. The second-order valence-electron chi connectivity index (χ2n) is 7.48. The van der Waals surface area contributed by atoms with Crippen molar-refractivity contribution in [3.8, 4) is 0 Å². The predicted molar refractivity (Wildman–Crippen MR) is 116 cm³/mol. The molecule has 0 atom stereocenters. The highest BCUT2D eigenvalue weighted by atomic mass is 16.5. The smallest absolute Gasteiger partial charge is 0.275 e. The van der Waals surface area contributed by atoms with Gasteiger partial charge in [0, 0.05) is 36.9 Å². The summed E-state index contributed by atoms with van der Waals surface area (Å²) in [6, 6.07) is 13.5. The molecule has 8 heteroatoms. The van der Waals surface area contributed by atoms with Crippen LogP contribution in [0, 0.1) is 6.92 Å². The van der Waals surface area contributed by atoms with Gasteiger partial charge in [0.1, 0.15) is 0 Å². The number of nitrogens with one attached hydrogen (secondary N) is 2. The van der Waals surface area contributed by atoms with Crippen molar-refractivity contribution in [2.45, 2.75) is 6.92 Å². The first-order chi connectivity index (χ1) is 14.5. The van der Waals surface area contributed by atoms with Crippen molar-refractivity contribution in [2.75, 3.05) is 50.1 Å². The van der Waals surface area contributed by atoms with E-state index in [4.69, 9.17) is 4.74 Å². The number of morpholine rings is 1. The Hall–Kier alpha value is -3.39. The monoisotopic (exact) mass is 407 g/mol. The molecule has 4 rings (SSSR count). The molecule has 0 radical (unpaired) electrons. The molecule has 2 aromatic carbocycles. The van der Waals surface area contributed by atoms with E-state index < -0.39 is 0 Å². The summed E-state index contributed by atoms with van der Waals surface area (Å²) in [5.74, 6) is -0.564. The molecule has 1 aromatic heterocycles. The predicted octanol–water partition coefficient (Wildman–Crippen LogP) is 2.42. The zero-order valence-electron chi connectivity index (χ0n) is 17.1. The number of nitrogens with zero attached hydrogens (tertiary/aromatic N) is 3. The summed E-state index contributed by atoms with van der Waals surface area (Å²) < 4.78 is 5.37. The van der Waals surface area contributed by atoms with Gasteiger partial charge in [-0.3, -0.25) is 14.7 Å². The fourth-order valence-corrected chi connectivity index (χ4v) is 3.54. The van der Waals surface area contributed by atoms with Gasteiger partial charge in [-0.15, -0.1) is 0 Å². The first kappa shape index (κ1) is 19.9. The number of hydrogen-bond acceptors (Lipinski definition) is 5. The Morgan fingerprint density at radius 1 is 1.17 bits per heavy atom. The zero-order valence-corrected chi connectivity index (χ0v) is 17.1. The van der Waals surface area contributed by atoms with Crippen LogP contribution in [-0.4, -0.2) is 66.8 Å². The van der Waals surface area contributed by atoms with Gasteiger partial charge in [-0.05, 0) is 43.3 Å². The van der Waals surface area contributed by atoms with Crippen LogP contribution in [0.5, 0.6) is 0 Å². The van der Waals surface area contributed by atoms with Gasteiger partial charge in [-0.2, -0.15) is 5.10 Å². The summed E-state index contributed by atoms with van der Waals surface area (Å²) in [4.78, 5) is 28.8. The van der Waals surface area contributed by atoms with E-state index in [9.17, 15) is 9.59 Å². The molecule has 0 spiro atoms. The van der Waals surface area contributed by atoms with Crippen LogP contribution in [0.25, 0.3) is 10.9 Å². The number of benzene rings is 2. The van der Waals surface area contributed by atoms with Crippen LogP contribution in [0.15, 0.2) is 42.5 Å². The van der Waals surface area contributed by atoms with Crippen LogP contribution >= 0.6 is 0 Å². The third-order valence-corrected chi connectivity index (χ3v) is 5.18. The lowest BCUT2D eigenvalue weighted by Crippen LogP contribution is -2.36. The van der Waals surface area contributed by atoms with Gasteiger partial charge >= 0.3 is 0 Å². The number of likely N-dealkylation sites (N-methyl/N-ethyl adjacent to an activating group) is 1. The summed E-state index contributed by atoms with van der Waals surface area (Å²) in [6.07, 6.45) is 0. The first-order valence-corrected chi connectivity index (χ1v) is 9.94. The van der Waals surface area contributed by atoms with Gasteiger partial charge in [0.05, 0.1) is 25.3 Å². The third-order valence-electron chi connectivity index (χ3n) is 5.18. The molecule has 1 aliphatic heterocycles. The van der Waals surface area contributed by atoms with Gasteiger partial charge in [0.25, 0.3) is 5.91 Å². The fourth-order valence-electron chi connectivity index (χ4n) is 3.54. The average Bonchev–Trinajstić information content (AvgIpc) is 3.17. The second-order valence-corrected chi connectivity index (χ2v) is 7.48. The SMILES string of the molecule is Cc1ccc2[nH]nc(C(=O)N(C)CC(=O)Nc3ccc(N4CCOCC4)cc3)c2c1. The molecule has 2 amide bonds. The number of fused-ring (bicyclic) bond motifs is 1. The largest absolute Gasteiger partial charge is 0.378 e. The van der Waals surface area contributed by atoms with E-state index in [1.54, 1.807) is 7.05 Å². The molecular formula is C22H25N5O3. The Bertz CT molecular complexity index is 1050. The number of ether oxygens (including phenoxy) is 1. The highest BCUT2D eigenvalue weighted by Gasteiger charge is 2.20. The van der Waals surface area contributed by atoms with Crippen molar-refractivity contribution in [3.63, 3.8) is 0 Å². The van der Waals surface area contributed by atoms with Gasteiger partial charge in [0.2, 0.25) is 5.91 Å². The number of aromatic nitrogens is 2. The molecule has 30 heavy (non-hydrogen) atoms. The van der Waals surface area contributed by atoms with Crippen molar-refractivity contribution >= 4 is 34.1 Å². The minimum atomic E-state index is -0.301. The van der Waals surface area contributed by atoms with Crippen LogP contribution in [0.2, 0.25) is 0 Å². The standard InChI is InChI=1S/C22H25N5O3/c1-15-3-8-19-18(13-15)21(25-24-19)22(29)26(2)14-20(28)23-16-4-6-17(7-5-16)27-9-11-30-12-10-27/h3-8,13H,9-12,14H2,1-2H3,(H,23,28)(H,24,25). The number of hydrogen-bond donors (Lipinski definition) is 2. The van der Waals surface area contributed by atoms with Crippen LogP contribution in [0.4, 0.5) is 11.4 Å². The zero-order chi connectivity index (χ0) is 21.1. The number of rotatable bonds is 5. The molecule has 1 aliphatic rings. The van der Waals surface area contributed by atoms with Crippen LogP contribution < -0.4 is 10.2 Å². The molecular weight excluding hydrogens is 382 g/mol. The summed E-state index contributed by atoms with van der Waals surface area (Å²) >= 11 is 0. The molecule has 3 aromatic rings. The molecule has 0 unspecified atom stereocenters. The topological polar surface area (TPSA) is 90.6 Å². The van der Waals surface area contributed by atoms with E-state index in [1.165, 1.54) is 4.90 Å². The van der Waals surface area contributed by atoms with Crippen LogP contribution in [0.1, 0.15) is 16.1 Å². The Kier molecular flexibility index (Phi) is 5.67. The Labute approximate surface area is 174 Å². The molecule has 1 fully saturated rings. The van der Waals surface area contributed by atoms with Crippen molar-refractivity contribution in [1.29, 1.82) is 0 Å². The highest BCUT2D eigenvalue weighted by Crippen LogP contribution is 2.20. The summed E-state index contributed by atoms with van der Waals surface area (Å²) in [7, 11) is 1.60. The van der Waals surface area contributed by atoms with Crippen molar-refractivity contribution in [2.24, 2.45) is 0 Å². The van der Waals surface area contributed by atoms with Crippen molar-refractivity contribution in [3.05, 3.63) is 53.7 Å². The minimum Gasteiger partial charge on any atom is -0.378 e. The highest BCUT2D eigenvalue weighted by molar-refractivity contribution is 6.06. The maximum absolute atomic E-state index is 12.8. The number of aromatic amines is 1. The van der Waals surface area contributed by atoms with Gasteiger partial charge < -0.3 is 19.9 Å². The van der Waals surface area contributed by atoms with E-state index in [0.29, 0.717) is 11.4 Å². The van der Waals surface area contributed by atoms with Gasteiger partial charge in [0.15, 0.2) is 5.69 Å². The molecule has 8 nitrogen and oxygen atoms in total. The van der Waals surface area contributed by atoms with E-state index >= 15 is 0 Å². The van der Waals surface area contributed by atoms with Gasteiger partial charge in [-0.25, -0.2) is 0 Å². The molecule has 0 bridgehead atoms. The number of anilines is 2. The summed E-state index contributed by atoms with van der Waals surface area (Å²) in [5.41, 5.74) is 3.95. The number of H-pyrrole nitrogens is 1. The number of carbonyl (C=O) groups is 2. The lowest BCUT2D eigenvalue weighted by Gasteiger charge is -2.28. The van der Waals surface area contributed by atoms with E-state index in [2.05, 4.69) is 20.4 Å². The maximum atomic E-state index is 12.8. The number of amides is 2. The normalized spacial score (nSPS) is 14.0. The van der Waals surface area contributed by atoms with Crippen LogP contribution in [0.3, 0.4) is 0 Å². The van der Waals surface area contributed by atoms with Crippen molar-refractivity contribution < 1.29 is 14.3 Å². The molecule has 0 aliphatic carbocycles. The Balaban J connectivity index is 1.37. The van der Waals surface area contributed by atoms with Gasteiger partial charge in [-0.1, -0.05) is 11.6 Å². The molecule has 156 valence electrons. The van der Waals surface area contributed by atoms with Crippen LogP contribution in [-0.2, 0) is 9.53 Å². The van der Waals surface area contributed by atoms with E-state index in [1.807, 2.05) is 49.4 Å². The number of aryl methyl sites for hydroxylation is 1. The second kappa shape index (κ2) is 8.54. The van der Waals surface area contributed by atoms with Crippen molar-refractivity contribution in [1.82, 2.24) is 15.1 Å². The number of carbonyl (C=O) groups excluding carboxylic acids is 2. The molecule has 2 heterocycles. The van der Waals surface area contributed by atoms with E-state index in [-0.39, 0.29) is 18.4 Å². The summed E-state index contributed by atoms with van der Waals surface area (Å²) in [6.45, 7) is 5.07. The maximum Gasteiger partial charge on any atom is 0.275 e. The molecule has 0 saturated carbocycles. The van der Waals surface area contributed by atoms with E-state index in [0.717, 1.165) is 48.5 Å². The Morgan fingerprint density at radius 3 is 2.63 bits per heavy atom. The molecule has 2 N–H and O–H groups in total. The lowest BCUT2D eigenvalue weighted by atomic mass is 10.1. The average molecular weight is 407 g/mol. The quantitative estimate of drug-likeness (QED) is 0.678. The fraction of sp³-hybridized carbons (Fsp3) is 0.318. The lowest BCUT2D eigenvalue weighted by molar-refractivity contribution is -0.116. The minimum absolute atomic E-state index is 0.0653. The Morgan fingerprint density at radius 2 is 1.90 bits per heavy atom. The first-order valence-electron chi connectivity index (χ1n) is 9.94.